The summed E-state index contributed by atoms with van der Waals surface area (Å²) in [4.78, 5) is 27.3. The predicted octanol–water partition coefficient (Wildman–Crippen LogP) is 1.50. The molecule has 0 saturated carbocycles. The Hall–Kier alpha value is -2.12. The van der Waals surface area contributed by atoms with Gasteiger partial charge in [0.2, 0.25) is 5.91 Å². The number of nitrogens with zero attached hydrogens (tertiary/aromatic N) is 2. The Bertz CT molecular complexity index is 582. The lowest BCUT2D eigenvalue weighted by molar-refractivity contribution is -0.138. The number of amides is 1. The van der Waals surface area contributed by atoms with E-state index in [0.29, 0.717) is 0 Å². The first kappa shape index (κ1) is 19.2. The van der Waals surface area contributed by atoms with Crippen LogP contribution in [-0.2, 0) is 9.59 Å². The molecule has 25 heavy (non-hydrogen) atoms. The number of aliphatic carboxylic acids is 1. The monoisotopic (exact) mass is 349 g/mol. The van der Waals surface area contributed by atoms with Crippen molar-refractivity contribution in [3.63, 3.8) is 0 Å². The van der Waals surface area contributed by atoms with Crippen LogP contribution in [0.2, 0.25) is 0 Å². The highest BCUT2D eigenvalue weighted by molar-refractivity contribution is 5.94. The first-order valence-corrected chi connectivity index (χ1v) is 8.51. The maximum atomic E-state index is 12.5. The zero-order chi connectivity index (χ0) is 18.4. The van der Waals surface area contributed by atoms with Gasteiger partial charge in [-0.2, -0.15) is 0 Å². The van der Waals surface area contributed by atoms with Gasteiger partial charge >= 0.3 is 5.97 Å². The van der Waals surface area contributed by atoms with Crippen LogP contribution in [-0.4, -0.2) is 72.7 Å². The molecule has 1 fully saturated rings. The molecule has 1 aromatic rings. The number of carbonyl (C=O) groups excluding carboxylic acids is 1. The normalized spacial score (nSPS) is 17.3. The van der Waals surface area contributed by atoms with Gasteiger partial charge in [-0.15, -0.1) is 0 Å². The Balaban J connectivity index is 1.83. The molecule has 1 amide bonds. The topological polar surface area (TPSA) is 82.1 Å². The molecule has 1 unspecified atom stereocenters. The highest BCUT2D eigenvalue weighted by Crippen LogP contribution is 2.19. The number of piperidine rings is 1. The maximum Gasteiger partial charge on any atom is 0.317 e. The fourth-order valence-corrected chi connectivity index (χ4v) is 3.14. The van der Waals surface area contributed by atoms with Crippen molar-refractivity contribution in [1.29, 1.82) is 0 Å². The number of rotatable bonds is 7. The van der Waals surface area contributed by atoms with E-state index in [4.69, 9.17) is 9.84 Å². The molecule has 7 heteroatoms. The number of nitrogens with one attached hydrogen (secondary N) is 1. The number of ether oxygens (including phenoxy) is 1. The molecule has 0 radical (unpaired) electrons. The van der Waals surface area contributed by atoms with Gasteiger partial charge < -0.3 is 15.2 Å². The first-order chi connectivity index (χ1) is 11.9. The second-order valence-electron chi connectivity index (χ2n) is 6.47. The summed E-state index contributed by atoms with van der Waals surface area (Å²) >= 11 is 0. The lowest BCUT2D eigenvalue weighted by Gasteiger charge is -2.38. The summed E-state index contributed by atoms with van der Waals surface area (Å²) in [7, 11) is 3.45. The minimum atomic E-state index is -0.808. The molecule has 1 aliphatic rings. The standard InChI is InChI=1S/C18H27N3O4/c1-13(18(24)19-14-4-6-16(25-3)7-5-14)21-10-8-15(9-11-21)20(2)12-17(22)23/h4-7,13,15H,8-12H2,1-3H3,(H,19,24)(H,22,23). The Labute approximate surface area is 148 Å². The summed E-state index contributed by atoms with van der Waals surface area (Å²) in [5, 5.41) is 11.8. The average Bonchev–Trinajstić information content (AvgIpc) is 2.61. The lowest BCUT2D eigenvalue weighted by Crippen LogP contribution is -2.50. The Morgan fingerprint density at radius 3 is 2.44 bits per heavy atom. The molecule has 1 heterocycles. The predicted molar refractivity (Wildman–Crippen MR) is 95.9 cm³/mol. The molecule has 138 valence electrons. The van der Waals surface area contributed by atoms with E-state index in [9.17, 15) is 9.59 Å². The minimum Gasteiger partial charge on any atom is -0.497 e. The molecule has 0 spiro atoms. The smallest absolute Gasteiger partial charge is 0.317 e. The summed E-state index contributed by atoms with van der Waals surface area (Å²) in [5.74, 6) is -0.0988. The number of benzene rings is 1. The van der Waals surface area contributed by atoms with Gasteiger partial charge in [0.15, 0.2) is 0 Å². The lowest BCUT2D eigenvalue weighted by atomic mass is 10.0. The van der Waals surface area contributed by atoms with E-state index < -0.39 is 5.97 Å². The molecule has 0 aliphatic carbocycles. The average molecular weight is 349 g/mol. The van der Waals surface area contributed by atoms with Crippen LogP contribution in [0.15, 0.2) is 24.3 Å². The van der Waals surface area contributed by atoms with Crippen molar-refractivity contribution in [2.24, 2.45) is 0 Å². The van der Waals surface area contributed by atoms with Crippen LogP contribution >= 0.6 is 0 Å². The number of hydrogen-bond acceptors (Lipinski definition) is 5. The summed E-state index contributed by atoms with van der Waals surface area (Å²) in [6.07, 6.45) is 1.73. The third kappa shape index (κ3) is 5.44. The van der Waals surface area contributed by atoms with E-state index in [-0.39, 0.29) is 24.5 Å². The molecular weight excluding hydrogens is 322 g/mol. The van der Waals surface area contributed by atoms with Gasteiger partial charge in [0.25, 0.3) is 0 Å². The molecule has 0 bridgehead atoms. The fraction of sp³-hybridized carbons (Fsp3) is 0.556. The molecule has 2 rings (SSSR count). The molecule has 2 N–H and O–H groups in total. The van der Waals surface area contributed by atoms with Gasteiger partial charge in [-0.1, -0.05) is 0 Å². The van der Waals surface area contributed by atoms with Crippen LogP contribution in [0.25, 0.3) is 0 Å². The van der Waals surface area contributed by atoms with Gasteiger partial charge in [-0.05, 0) is 51.1 Å². The summed E-state index contributed by atoms with van der Waals surface area (Å²) in [5.41, 5.74) is 0.744. The molecule has 1 aromatic carbocycles. The van der Waals surface area contributed by atoms with Crippen LogP contribution in [0, 0.1) is 0 Å². The van der Waals surface area contributed by atoms with E-state index in [2.05, 4.69) is 10.2 Å². The number of likely N-dealkylation sites (N-methyl/N-ethyl adjacent to an activating group) is 1. The van der Waals surface area contributed by atoms with Crippen molar-refractivity contribution in [2.45, 2.75) is 31.8 Å². The molecule has 1 aliphatic heterocycles. The van der Waals surface area contributed by atoms with E-state index in [0.717, 1.165) is 37.4 Å². The maximum absolute atomic E-state index is 12.5. The Kier molecular flexibility index (Phi) is 6.78. The van der Waals surface area contributed by atoms with Crippen LogP contribution < -0.4 is 10.1 Å². The minimum absolute atomic E-state index is 0.0393. The summed E-state index contributed by atoms with van der Waals surface area (Å²) in [6, 6.07) is 7.28. The van der Waals surface area contributed by atoms with Gasteiger partial charge in [-0.3, -0.25) is 19.4 Å². The second-order valence-corrected chi connectivity index (χ2v) is 6.47. The summed E-state index contributed by atoms with van der Waals surface area (Å²) < 4.78 is 5.11. The fourth-order valence-electron chi connectivity index (χ4n) is 3.14. The number of carboxylic acid groups (broad SMARTS) is 1. The number of likely N-dealkylation sites (tertiary alicyclic amines) is 1. The molecule has 1 atom stereocenters. The van der Waals surface area contributed by atoms with Crippen molar-refractivity contribution in [3.8, 4) is 5.75 Å². The summed E-state index contributed by atoms with van der Waals surface area (Å²) in [6.45, 7) is 3.52. The molecule has 7 nitrogen and oxygen atoms in total. The van der Waals surface area contributed by atoms with Crippen LogP contribution in [0.1, 0.15) is 19.8 Å². The molecule has 0 aromatic heterocycles. The quantitative estimate of drug-likeness (QED) is 0.776. The Morgan fingerprint density at radius 2 is 1.92 bits per heavy atom. The third-order valence-corrected chi connectivity index (χ3v) is 4.79. The zero-order valence-corrected chi connectivity index (χ0v) is 15.1. The van der Waals surface area contributed by atoms with Crippen molar-refractivity contribution in [3.05, 3.63) is 24.3 Å². The van der Waals surface area contributed by atoms with Gasteiger partial charge in [-0.25, -0.2) is 0 Å². The van der Waals surface area contributed by atoms with E-state index in [1.54, 1.807) is 7.11 Å². The number of carboxylic acids is 1. The second kappa shape index (κ2) is 8.82. The van der Waals surface area contributed by atoms with E-state index in [1.807, 2.05) is 43.1 Å². The first-order valence-electron chi connectivity index (χ1n) is 8.51. The van der Waals surface area contributed by atoms with Crippen molar-refractivity contribution >= 4 is 17.6 Å². The number of carbonyl (C=O) groups is 2. The number of anilines is 1. The highest BCUT2D eigenvalue weighted by Gasteiger charge is 2.28. The number of hydrogen-bond donors (Lipinski definition) is 2. The van der Waals surface area contributed by atoms with Gasteiger partial charge in [0, 0.05) is 24.8 Å². The SMILES string of the molecule is COc1ccc(NC(=O)C(C)N2CCC(N(C)CC(=O)O)CC2)cc1. The molecular formula is C18H27N3O4. The van der Waals surface area contributed by atoms with Crippen LogP contribution in [0.3, 0.4) is 0 Å². The number of methoxy groups -OCH3 is 1. The zero-order valence-electron chi connectivity index (χ0n) is 15.1. The van der Waals surface area contributed by atoms with Crippen LogP contribution in [0.5, 0.6) is 5.75 Å². The van der Waals surface area contributed by atoms with E-state index >= 15 is 0 Å². The van der Waals surface area contributed by atoms with Crippen LogP contribution in [0.4, 0.5) is 5.69 Å². The van der Waals surface area contributed by atoms with Crippen molar-refractivity contribution < 1.29 is 19.4 Å². The van der Waals surface area contributed by atoms with E-state index in [1.165, 1.54) is 0 Å². The van der Waals surface area contributed by atoms with Gasteiger partial charge in [0.05, 0.1) is 19.7 Å². The van der Waals surface area contributed by atoms with Crippen molar-refractivity contribution in [2.75, 3.05) is 39.1 Å². The highest BCUT2D eigenvalue weighted by atomic mass is 16.5. The van der Waals surface area contributed by atoms with Crippen molar-refractivity contribution in [1.82, 2.24) is 9.80 Å². The third-order valence-electron chi connectivity index (χ3n) is 4.79. The largest absolute Gasteiger partial charge is 0.497 e. The van der Waals surface area contributed by atoms with Gasteiger partial charge in [0.1, 0.15) is 5.75 Å². The Morgan fingerprint density at radius 1 is 1.32 bits per heavy atom. The molecule has 1 saturated heterocycles.